The third-order valence-electron chi connectivity index (χ3n) is 4.24. The smallest absolute Gasteiger partial charge is 0.416 e. The van der Waals surface area contributed by atoms with Crippen LogP contribution in [0.1, 0.15) is 21.6 Å². The van der Waals surface area contributed by atoms with Crippen LogP contribution in [0.3, 0.4) is 0 Å². The van der Waals surface area contributed by atoms with E-state index in [9.17, 15) is 18.0 Å². The minimum atomic E-state index is -4.42. The quantitative estimate of drug-likeness (QED) is 0.674. The van der Waals surface area contributed by atoms with Gasteiger partial charge in [-0.3, -0.25) is 4.79 Å². The molecular formula is C16H13F3IN3O3. The largest absolute Gasteiger partial charge is 0.491 e. The van der Waals surface area contributed by atoms with Crippen molar-refractivity contribution < 1.29 is 27.4 Å². The van der Waals surface area contributed by atoms with E-state index in [1.165, 1.54) is 6.07 Å². The van der Waals surface area contributed by atoms with Crippen LogP contribution >= 0.6 is 22.6 Å². The molecule has 26 heavy (non-hydrogen) atoms. The minimum Gasteiger partial charge on any atom is -0.491 e. The lowest BCUT2D eigenvalue weighted by atomic mass is 10.00. The number of fused-ring (bicyclic) bond motifs is 2. The first-order valence-electron chi connectivity index (χ1n) is 7.86. The molecule has 1 aromatic carbocycles. The van der Waals surface area contributed by atoms with Crippen LogP contribution in [0.15, 0.2) is 18.2 Å². The summed E-state index contributed by atoms with van der Waals surface area (Å²) in [7, 11) is 0. The molecule has 0 saturated carbocycles. The van der Waals surface area contributed by atoms with Gasteiger partial charge in [-0.1, -0.05) is 0 Å². The van der Waals surface area contributed by atoms with Gasteiger partial charge in [0.2, 0.25) is 5.88 Å². The van der Waals surface area contributed by atoms with Crippen LogP contribution in [0.5, 0.6) is 11.6 Å². The van der Waals surface area contributed by atoms with Gasteiger partial charge in [-0.05, 0) is 52.8 Å². The lowest BCUT2D eigenvalue weighted by Gasteiger charge is -2.26. The number of aromatic nitrogens is 2. The van der Waals surface area contributed by atoms with E-state index in [2.05, 4.69) is 10.4 Å². The van der Waals surface area contributed by atoms with E-state index >= 15 is 0 Å². The van der Waals surface area contributed by atoms with Gasteiger partial charge in [0.1, 0.15) is 22.5 Å². The first kappa shape index (κ1) is 17.4. The van der Waals surface area contributed by atoms with Crippen molar-refractivity contribution in [2.75, 3.05) is 13.2 Å². The predicted octanol–water partition coefficient (Wildman–Crippen LogP) is 2.63. The Bertz CT molecular complexity index is 882. The highest BCUT2D eigenvalue weighted by Gasteiger charge is 2.33. The van der Waals surface area contributed by atoms with Crippen LogP contribution in [0.2, 0.25) is 0 Å². The van der Waals surface area contributed by atoms with E-state index in [0.29, 0.717) is 33.9 Å². The highest BCUT2D eigenvalue weighted by molar-refractivity contribution is 14.1. The van der Waals surface area contributed by atoms with Gasteiger partial charge in [-0.25, -0.2) is 4.68 Å². The highest BCUT2D eigenvalue weighted by Crippen LogP contribution is 2.34. The zero-order valence-electron chi connectivity index (χ0n) is 13.3. The molecule has 2 aliphatic rings. The minimum absolute atomic E-state index is 0.185. The summed E-state index contributed by atoms with van der Waals surface area (Å²) < 4.78 is 51.8. The van der Waals surface area contributed by atoms with E-state index in [4.69, 9.17) is 9.47 Å². The number of carbonyl (C=O) groups is 1. The number of rotatable bonds is 2. The molecule has 0 fully saturated rings. The van der Waals surface area contributed by atoms with Crippen LogP contribution in [0.4, 0.5) is 13.2 Å². The first-order valence-corrected chi connectivity index (χ1v) is 8.93. The Kier molecular flexibility index (Phi) is 4.24. The summed E-state index contributed by atoms with van der Waals surface area (Å²) in [6.07, 6.45) is -4.16. The summed E-state index contributed by atoms with van der Waals surface area (Å²) in [4.78, 5) is 12.5. The van der Waals surface area contributed by atoms with Crippen molar-refractivity contribution in [2.24, 2.45) is 0 Å². The van der Waals surface area contributed by atoms with E-state index in [0.717, 1.165) is 12.1 Å². The predicted molar refractivity (Wildman–Crippen MR) is 92.3 cm³/mol. The molecule has 2 aromatic rings. The molecule has 4 rings (SSSR count). The Morgan fingerprint density at radius 3 is 2.88 bits per heavy atom. The van der Waals surface area contributed by atoms with E-state index in [-0.39, 0.29) is 18.7 Å². The fraction of sp³-hybridized carbons (Fsp3) is 0.375. The summed E-state index contributed by atoms with van der Waals surface area (Å²) in [5.41, 5.74) is -0.0686. The number of amides is 1. The molecule has 0 radical (unpaired) electrons. The summed E-state index contributed by atoms with van der Waals surface area (Å²) in [5, 5.41) is 7.01. The molecule has 0 spiro atoms. The molecule has 0 aliphatic carbocycles. The summed E-state index contributed by atoms with van der Waals surface area (Å²) in [6.45, 7) is 1.29. The van der Waals surface area contributed by atoms with Crippen LogP contribution in [0.25, 0.3) is 0 Å². The molecule has 1 amide bonds. The van der Waals surface area contributed by atoms with Crippen molar-refractivity contribution in [3.8, 4) is 11.6 Å². The lowest BCUT2D eigenvalue weighted by Crippen LogP contribution is -2.43. The standard InChI is InChI=1S/C16H13F3IN3O3/c17-16(18,19)9-1-2-11-8(5-9)6-10(7-26-11)21-14(24)13-12(20)15-23(22-13)3-4-25-15/h1-2,5,10H,3-4,6-7H2,(H,21,24)/t10-/m1/s1. The maximum Gasteiger partial charge on any atom is 0.416 e. The molecule has 3 heterocycles. The van der Waals surface area contributed by atoms with Gasteiger partial charge in [0.25, 0.3) is 5.91 Å². The van der Waals surface area contributed by atoms with Crippen molar-refractivity contribution in [3.63, 3.8) is 0 Å². The van der Waals surface area contributed by atoms with Gasteiger partial charge in [0, 0.05) is 0 Å². The monoisotopic (exact) mass is 479 g/mol. The molecule has 6 nitrogen and oxygen atoms in total. The van der Waals surface area contributed by atoms with Crippen LogP contribution in [0, 0.1) is 3.57 Å². The third kappa shape index (κ3) is 3.10. The number of hydrogen-bond donors (Lipinski definition) is 1. The molecule has 1 N–H and O–H groups in total. The topological polar surface area (TPSA) is 65.4 Å². The van der Waals surface area contributed by atoms with Gasteiger partial charge in [0.15, 0.2) is 5.69 Å². The Balaban J connectivity index is 1.50. The number of carbonyl (C=O) groups excluding carboxylic acids is 1. The molecule has 0 unspecified atom stereocenters. The number of hydrogen-bond acceptors (Lipinski definition) is 4. The number of halogens is 4. The first-order chi connectivity index (χ1) is 12.3. The molecule has 0 bridgehead atoms. The molecule has 138 valence electrons. The van der Waals surface area contributed by atoms with Crippen LogP contribution in [-0.2, 0) is 19.1 Å². The zero-order chi connectivity index (χ0) is 18.5. The summed E-state index contributed by atoms with van der Waals surface area (Å²) in [5.74, 6) is 0.576. The molecule has 2 aliphatic heterocycles. The SMILES string of the molecule is O=C(N[C@H]1COc2ccc(C(F)(F)F)cc2C1)c1nn2c(c1I)OCC2. The number of ether oxygens (including phenoxy) is 2. The fourth-order valence-corrected chi connectivity index (χ4v) is 3.79. The van der Waals surface area contributed by atoms with Crippen molar-refractivity contribution in [2.45, 2.75) is 25.2 Å². The van der Waals surface area contributed by atoms with Gasteiger partial charge < -0.3 is 14.8 Å². The second kappa shape index (κ2) is 6.32. The second-order valence-electron chi connectivity index (χ2n) is 6.05. The maximum absolute atomic E-state index is 12.9. The van der Waals surface area contributed by atoms with Gasteiger partial charge in [-0.15, -0.1) is 0 Å². The Labute approximate surface area is 159 Å². The Hall–Kier alpha value is -1.98. The molecule has 1 aromatic heterocycles. The van der Waals surface area contributed by atoms with Crippen molar-refractivity contribution in [1.29, 1.82) is 0 Å². The van der Waals surface area contributed by atoms with Crippen LogP contribution in [-0.4, -0.2) is 34.9 Å². The van der Waals surface area contributed by atoms with Gasteiger partial charge in [0.05, 0.1) is 18.2 Å². The molecule has 1 atom stereocenters. The van der Waals surface area contributed by atoms with E-state index in [1.54, 1.807) is 4.68 Å². The normalized spacial score (nSPS) is 18.5. The average Bonchev–Trinajstić information content (AvgIpc) is 3.16. The Morgan fingerprint density at radius 2 is 2.15 bits per heavy atom. The maximum atomic E-state index is 12.9. The second-order valence-corrected chi connectivity index (χ2v) is 7.12. The number of alkyl halides is 3. The number of nitrogens with one attached hydrogen (secondary N) is 1. The fourth-order valence-electron chi connectivity index (χ4n) is 3.01. The lowest BCUT2D eigenvalue weighted by molar-refractivity contribution is -0.137. The van der Waals surface area contributed by atoms with Crippen molar-refractivity contribution in [3.05, 3.63) is 38.6 Å². The third-order valence-corrected chi connectivity index (χ3v) is 5.21. The molecular weight excluding hydrogens is 466 g/mol. The molecule has 0 saturated heterocycles. The van der Waals surface area contributed by atoms with Crippen molar-refractivity contribution in [1.82, 2.24) is 15.1 Å². The van der Waals surface area contributed by atoms with Crippen LogP contribution < -0.4 is 14.8 Å². The number of benzene rings is 1. The van der Waals surface area contributed by atoms with Gasteiger partial charge in [-0.2, -0.15) is 18.3 Å². The van der Waals surface area contributed by atoms with Gasteiger partial charge >= 0.3 is 6.18 Å². The number of nitrogens with zero attached hydrogens (tertiary/aromatic N) is 2. The summed E-state index contributed by atoms with van der Waals surface area (Å²) >= 11 is 2.00. The van der Waals surface area contributed by atoms with E-state index in [1.807, 2.05) is 22.6 Å². The highest BCUT2D eigenvalue weighted by atomic mass is 127. The molecule has 10 heteroatoms. The van der Waals surface area contributed by atoms with Crippen molar-refractivity contribution >= 4 is 28.5 Å². The average molecular weight is 479 g/mol. The summed E-state index contributed by atoms with van der Waals surface area (Å²) in [6, 6.07) is 2.94. The van der Waals surface area contributed by atoms with E-state index < -0.39 is 23.7 Å². The Morgan fingerprint density at radius 1 is 1.35 bits per heavy atom. The zero-order valence-corrected chi connectivity index (χ0v) is 15.4.